The van der Waals surface area contributed by atoms with Gasteiger partial charge in [-0.2, -0.15) is 0 Å². The number of amides is 2. The van der Waals surface area contributed by atoms with E-state index in [-0.39, 0.29) is 11.5 Å². The molecule has 3 N–H and O–H groups in total. The Hall–Kier alpha value is -1.89. The molecule has 114 valence electrons. The van der Waals surface area contributed by atoms with Crippen molar-refractivity contribution < 1.29 is 19.5 Å². The monoisotopic (exact) mass is 310 g/mol. The van der Waals surface area contributed by atoms with Crippen molar-refractivity contribution in [3.63, 3.8) is 0 Å². The van der Waals surface area contributed by atoms with Gasteiger partial charge in [0.05, 0.1) is 5.56 Å². The zero-order chi connectivity index (χ0) is 15.6. The van der Waals surface area contributed by atoms with E-state index in [1.165, 1.54) is 18.3 Å². The minimum atomic E-state index is -1.02. The van der Waals surface area contributed by atoms with Crippen LogP contribution in [0.2, 0.25) is 0 Å². The fourth-order valence-corrected chi connectivity index (χ4v) is 3.76. The van der Waals surface area contributed by atoms with E-state index in [2.05, 4.69) is 10.6 Å². The fourth-order valence-electron chi connectivity index (χ4n) is 2.47. The summed E-state index contributed by atoms with van der Waals surface area (Å²) in [4.78, 5) is 35.5. The van der Waals surface area contributed by atoms with Crippen LogP contribution in [-0.2, 0) is 22.4 Å². The van der Waals surface area contributed by atoms with E-state index in [1.54, 1.807) is 6.92 Å². The first kappa shape index (κ1) is 15.5. The van der Waals surface area contributed by atoms with E-state index in [9.17, 15) is 19.5 Å². The number of nitrogens with one attached hydrogen (secondary N) is 2. The Kier molecular flexibility index (Phi) is 4.62. The molecule has 7 heteroatoms. The third kappa shape index (κ3) is 3.41. The Balaban J connectivity index is 2.23. The second-order valence-electron chi connectivity index (χ2n) is 5.13. The Morgan fingerprint density at radius 1 is 1.24 bits per heavy atom. The SMILES string of the molecule is CC(=O)NC(C)C(=O)Nc1sc2c(c1C(=O)O)CCCC2. The molecule has 1 aromatic rings. The number of anilines is 1. The lowest BCUT2D eigenvalue weighted by atomic mass is 9.95. The number of rotatable bonds is 4. The van der Waals surface area contributed by atoms with Crippen molar-refractivity contribution >= 4 is 34.1 Å². The van der Waals surface area contributed by atoms with Crippen molar-refractivity contribution in [1.82, 2.24) is 5.32 Å². The molecule has 1 aromatic heterocycles. The second kappa shape index (κ2) is 6.26. The number of aryl methyl sites for hydroxylation is 1. The summed E-state index contributed by atoms with van der Waals surface area (Å²) in [6, 6.07) is -0.705. The Morgan fingerprint density at radius 3 is 2.52 bits per heavy atom. The zero-order valence-electron chi connectivity index (χ0n) is 12.0. The van der Waals surface area contributed by atoms with Crippen molar-refractivity contribution in [3.8, 4) is 0 Å². The molecule has 1 aliphatic carbocycles. The van der Waals surface area contributed by atoms with Gasteiger partial charge in [-0.3, -0.25) is 9.59 Å². The zero-order valence-corrected chi connectivity index (χ0v) is 12.8. The first-order valence-electron chi connectivity index (χ1n) is 6.86. The van der Waals surface area contributed by atoms with Crippen LogP contribution in [0, 0.1) is 0 Å². The lowest BCUT2D eigenvalue weighted by molar-refractivity contribution is -0.124. The summed E-state index contributed by atoms with van der Waals surface area (Å²) in [6.07, 6.45) is 3.62. The number of carbonyl (C=O) groups is 3. The minimum absolute atomic E-state index is 0.207. The molecule has 1 unspecified atom stereocenters. The van der Waals surface area contributed by atoms with Gasteiger partial charge in [-0.1, -0.05) is 0 Å². The van der Waals surface area contributed by atoms with Gasteiger partial charge in [-0.15, -0.1) is 11.3 Å². The lowest BCUT2D eigenvalue weighted by Crippen LogP contribution is -2.40. The van der Waals surface area contributed by atoms with Crippen LogP contribution >= 0.6 is 11.3 Å². The summed E-state index contributed by atoms with van der Waals surface area (Å²) in [7, 11) is 0. The third-order valence-corrected chi connectivity index (χ3v) is 4.64. The number of aromatic carboxylic acids is 1. The Bertz CT molecular complexity index is 594. The van der Waals surface area contributed by atoms with Gasteiger partial charge in [0.2, 0.25) is 11.8 Å². The van der Waals surface area contributed by atoms with Gasteiger partial charge >= 0.3 is 5.97 Å². The summed E-state index contributed by atoms with van der Waals surface area (Å²) in [6.45, 7) is 2.89. The molecule has 1 heterocycles. The Labute approximate surface area is 126 Å². The summed E-state index contributed by atoms with van der Waals surface area (Å²) in [5.74, 6) is -1.73. The molecule has 2 rings (SSSR count). The molecule has 0 aliphatic heterocycles. The molecule has 1 atom stereocenters. The number of thiophene rings is 1. The van der Waals surface area contributed by atoms with Gasteiger partial charge in [0.15, 0.2) is 0 Å². The summed E-state index contributed by atoms with van der Waals surface area (Å²) in [5.41, 5.74) is 1.05. The molecular formula is C14H18N2O4S. The molecule has 0 saturated carbocycles. The van der Waals surface area contributed by atoms with Gasteiger partial charge in [0.25, 0.3) is 0 Å². The predicted molar refractivity (Wildman–Crippen MR) is 79.8 cm³/mol. The van der Waals surface area contributed by atoms with Crippen LogP contribution in [0.5, 0.6) is 0 Å². The molecule has 0 aromatic carbocycles. The number of hydrogen-bond acceptors (Lipinski definition) is 4. The first-order valence-corrected chi connectivity index (χ1v) is 7.67. The van der Waals surface area contributed by atoms with E-state index >= 15 is 0 Å². The topological polar surface area (TPSA) is 95.5 Å². The highest BCUT2D eigenvalue weighted by Gasteiger charge is 2.27. The summed E-state index contributed by atoms with van der Waals surface area (Å²) >= 11 is 1.33. The largest absolute Gasteiger partial charge is 0.478 e. The molecule has 21 heavy (non-hydrogen) atoms. The van der Waals surface area contributed by atoms with Gasteiger partial charge in [0.1, 0.15) is 11.0 Å². The number of carbonyl (C=O) groups excluding carboxylic acids is 2. The normalized spacial score (nSPS) is 15.0. The van der Waals surface area contributed by atoms with Crippen LogP contribution in [0.4, 0.5) is 5.00 Å². The van der Waals surface area contributed by atoms with E-state index in [1.807, 2.05) is 0 Å². The molecule has 0 radical (unpaired) electrons. The van der Waals surface area contributed by atoms with Gasteiger partial charge < -0.3 is 15.7 Å². The molecule has 1 aliphatic rings. The van der Waals surface area contributed by atoms with Crippen molar-refractivity contribution in [3.05, 3.63) is 16.0 Å². The maximum absolute atomic E-state index is 12.0. The van der Waals surface area contributed by atoms with Crippen molar-refractivity contribution in [2.45, 2.75) is 45.6 Å². The van der Waals surface area contributed by atoms with Crippen LogP contribution in [0.3, 0.4) is 0 Å². The van der Waals surface area contributed by atoms with E-state index in [0.29, 0.717) is 5.00 Å². The maximum Gasteiger partial charge on any atom is 0.339 e. The van der Waals surface area contributed by atoms with Gasteiger partial charge in [-0.25, -0.2) is 4.79 Å². The predicted octanol–water partition coefficient (Wildman–Crippen LogP) is 1.79. The lowest BCUT2D eigenvalue weighted by Gasteiger charge is -2.12. The number of fused-ring (bicyclic) bond motifs is 1. The maximum atomic E-state index is 12.0. The Morgan fingerprint density at radius 2 is 1.90 bits per heavy atom. The number of carboxylic acids is 1. The highest BCUT2D eigenvalue weighted by Crippen LogP contribution is 2.38. The van der Waals surface area contributed by atoms with E-state index < -0.39 is 17.9 Å². The highest BCUT2D eigenvalue weighted by atomic mass is 32.1. The fraction of sp³-hybridized carbons (Fsp3) is 0.500. The molecule has 0 spiro atoms. The van der Waals surface area contributed by atoms with Crippen LogP contribution in [0.25, 0.3) is 0 Å². The highest BCUT2D eigenvalue weighted by molar-refractivity contribution is 7.17. The molecule has 6 nitrogen and oxygen atoms in total. The molecular weight excluding hydrogens is 292 g/mol. The first-order chi connectivity index (χ1) is 9.90. The van der Waals surface area contributed by atoms with E-state index in [0.717, 1.165) is 36.1 Å². The molecule has 0 saturated heterocycles. The van der Waals surface area contributed by atoms with Gasteiger partial charge in [-0.05, 0) is 38.2 Å². The second-order valence-corrected chi connectivity index (χ2v) is 6.24. The van der Waals surface area contributed by atoms with Crippen LogP contribution in [-0.4, -0.2) is 28.9 Å². The molecule has 0 bridgehead atoms. The number of hydrogen-bond donors (Lipinski definition) is 3. The molecule has 0 fully saturated rings. The van der Waals surface area contributed by atoms with Crippen LogP contribution in [0.1, 0.15) is 47.5 Å². The van der Waals surface area contributed by atoms with E-state index in [4.69, 9.17) is 0 Å². The van der Waals surface area contributed by atoms with Crippen molar-refractivity contribution in [1.29, 1.82) is 0 Å². The smallest absolute Gasteiger partial charge is 0.339 e. The van der Waals surface area contributed by atoms with Crippen LogP contribution in [0.15, 0.2) is 0 Å². The van der Waals surface area contributed by atoms with Crippen molar-refractivity contribution in [2.75, 3.05) is 5.32 Å². The summed E-state index contributed by atoms with van der Waals surface area (Å²) in [5, 5.41) is 14.9. The average Bonchev–Trinajstić information content (AvgIpc) is 2.75. The minimum Gasteiger partial charge on any atom is -0.478 e. The van der Waals surface area contributed by atoms with Crippen LogP contribution < -0.4 is 10.6 Å². The third-order valence-electron chi connectivity index (χ3n) is 3.43. The number of carboxylic acid groups (broad SMARTS) is 1. The standard InChI is InChI=1S/C14H18N2O4S/c1-7(15-8(2)17)12(18)16-13-11(14(19)20)9-5-3-4-6-10(9)21-13/h7H,3-6H2,1-2H3,(H,15,17)(H,16,18)(H,19,20). The van der Waals surface area contributed by atoms with Gasteiger partial charge in [0, 0.05) is 11.8 Å². The molecule has 2 amide bonds. The van der Waals surface area contributed by atoms with Crippen molar-refractivity contribution in [2.24, 2.45) is 0 Å². The summed E-state index contributed by atoms with van der Waals surface area (Å²) < 4.78 is 0. The average molecular weight is 310 g/mol. The quantitative estimate of drug-likeness (QED) is 0.790.